The number of rotatable bonds is 3. The van der Waals surface area contributed by atoms with Crippen molar-refractivity contribution in [3.8, 4) is 5.75 Å². The number of benzene rings is 2. The van der Waals surface area contributed by atoms with Crippen LogP contribution in [0.5, 0.6) is 5.75 Å². The molecule has 0 unspecified atom stereocenters. The lowest BCUT2D eigenvalue weighted by Crippen LogP contribution is -2.18. The van der Waals surface area contributed by atoms with Gasteiger partial charge in [0.05, 0.1) is 7.11 Å². The molecule has 0 radical (unpaired) electrons. The number of halogens is 1. The summed E-state index contributed by atoms with van der Waals surface area (Å²) >= 11 is 11.1. The van der Waals surface area contributed by atoms with Gasteiger partial charge in [0.15, 0.2) is 5.11 Å². The Hall–Kier alpha value is -1.78. The second-order valence-electron chi connectivity index (χ2n) is 3.82. The number of methoxy groups -OCH3 is 1. The maximum absolute atomic E-state index is 5.82. The molecular weight excluding hydrogens is 280 g/mol. The van der Waals surface area contributed by atoms with Crippen molar-refractivity contribution >= 4 is 40.3 Å². The third-order valence-electron chi connectivity index (χ3n) is 2.43. The van der Waals surface area contributed by atoms with Gasteiger partial charge in [0.1, 0.15) is 5.75 Å². The second kappa shape index (κ2) is 6.41. The van der Waals surface area contributed by atoms with Gasteiger partial charge in [-0.2, -0.15) is 0 Å². The molecular formula is C14H13ClN2OS. The predicted molar refractivity (Wildman–Crippen MR) is 84.3 cm³/mol. The second-order valence-corrected chi connectivity index (χ2v) is 4.66. The third kappa shape index (κ3) is 4.12. The van der Waals surface area contributed by atoms with Crippen molar-refractivity contribution in [3.05, 3.63) is 53.6 Å². The Kier molecular flexibility index (Phi) is 4.60. The first kappa shape index (κ1) is 13.6. The van der Waals surface area contributed by atoms with Crippen molar-refractivity contribution in [1.82, 2.24) is 0 Å². The van der Waals surface area contributed by atoms with Crippen LogP contribution >= 0.6 is 23.8 Å². The van der Waals surface area contributed by atoms with Crippen molar-refractivity contribution in [2.45, 2.75) is 0 Å². The highest BCUT2D eigenvalue weighted by molar-refractivity contribution is 7.80. The van der Waals surface area contributed by atoms with Crippen LogP contribution in [0.1, 0.15) is 0 Å². The largest absolute Gasteiger partial charge is 0.497 e. The SMILES string of the molecule is COc1cccc(NC(=S)Nc2ccc(Cl)cc2)c1. The van der Waals surface area contributed by atoms with E-state index in [-0.39, 0.29) is 0 Å². The molecule has 0 amide bonds. The highest BCUT2D eigenvalue weighted by Gasteiger charge is 2.00. The minimum absolute atomic E-state index is 0.510. The minimum Gasteiger partial charge on any atom is -0.497 e. The predicted octanol–water partition coefficient (Wildman–Crippen LogP) is 4.16. The molecule has 2 aromatic rings. The number of thiocarbonyl (C=S) groups is 1. The van der Waals surface area contributed by atoms with Crippen LogP contribution in [-0.4, -0.2) is 12.2 Å². The van der Waals surface area contributed by atoms with E-state index in [4.69, 9.17) is 28.6 Å². The van der Waals surface area contributed by atoms with Crippen LogP contribution in [0.3, 0.4) is 0 Å². The Labute approximate surface area is 122 Å². The molecule has 5 heteroatoms. The van der Waals surface area contributed by atoms with Crippen LogP contribution in [-0.2, 0) is 0 Å². The van der Waals surface area contributed by atoms with E-state index < -0.39 is 0 Å². The number of nitrogens with one attached hydrogen (secondary N) is 2. The smallest absolute Gasteiger partial charge is 0.175 e. The normalized spacial score (nSPS) is 9.79. The van der Waals surface area contributed by atoms with E-state index in [9.17, 15) is 0 Å². The molecule has 0 saturated carbocycles. The molecule has 0 aliphatic heterocycles. The van der Waals surface area contributed by atoms with Crippen LogP contribution < -0.4 is 15.4 Å². The molecule has 0 saturated heterocycles. The first-order valence-electron chi connectivity index (χ1n) is 5.65. The molecule has 0 aliphatic carbocycles. The molecule has 98 valence electrons. The zero-order chi connectivity index (χ0) is 13.7. The van der Waals surface area contributed by atoms with Gasteiger partial charge < -0.3 is 15.4 Å². The van der Waals surface area contributed by atoms with E-state index in [0.29, 0.717) is 10.1 Å². The molecule has 2 aromatic carbocycles. The van der Waals surface area contributed by atoms with Gasteiger partial charge in [-0.3, -0.25) is 0 Å². The number of anilines is 2. The molecule has 3 nitrogen and oxygen atoms in total. The topological polar surface area (TPSA) is 33.3 Å². The van der Waals surface area contributed by atoms with Crippen molar-refractivity contribution in [2.24, 2.45) is 0 Å². The number of hydrogen-bond donors (Lipinski definition) is 2. The van der Waals surface area contributed by atoms with Gasteiger partial charge in [-0.05, 0) is 48.6 Å². The molecule has 0 fully saturated rings. The van der Waals surface area contributed by atoms with Gasteiger partial charge in [0.2, 0.25) is 0 Å². The van der Waals surface area contributed by atoms with E-state index in [1.165, 1.54) is 0 Å². The lowest BCUT2D eigenvalue weighted by molar-refractivity contribution is 0.415. The van der Waals surface area contributed by atoms with Gasteiger partial charge >= 0.3 is 0 Å². The summed E-state index contributed by atoms with van der Waals surface area (Å²) in [5, 5.41) is 7.36. The van der Waals surface area contributed by atoms with E-state index >= 15 is 0 Å². The minimum atomic E-state index is 0.510. The van der Waals surface area contributed by atoms with Crippen LogP contribution in [0.15, 0.2) is 48.5 Å². The lowest BCUT2D eigenvalue weighted by atomic mass is 10.3. The Bertz CT molecular complexity index is 572. The van der Waals surface area contributed by atoms with Crippen LogP contribution in [0.4, 0.5) is 11.4 Å². The Balaban J connectivity index is 1.99. The lowest BCUT2D eigenvalue weighted by Gasteiger charge is -2.11. The maximum Gasteiger partial charge on any atom is 0.175 e. The average Bonchev–Trinajstić information content (AvgIpc) is 2.41. The van der Waals surface area contributed by atoms with Gasteiger partial charge in [-0.15, -0.1) is 0 Å². The quantitative estimate of drug-likeness (QED) is 0.832. The Morgan fingerprint density at radius 2 is 1.74 bits per heavy atom. The van der Waals surface area contributed by atoms with Crippen molar-refractivity contribution in [3.63, 3.8) is 0 Å². The van der Waals surface area contributed by atoms with Gasteiger partial charge in [0, 0.05) is 22.5 Å². The molecule has 0 heterocycles. The summed E-state index contributed by atoms with van der Waals surface area (Å²) in [6, 6.07) is 14.9. The standard InChI is InChI=1S/C14H13ClN2OS/c1-18-13-4-2-3-12(9-13)17-14(19)16-11-7-5-10(15)6-8-11/h2-9H,1H3,(H2,16,17,19). The van der Waals surface area contributed by atoms with Gasteiger partial charge in [-0.25, -0.2) is 0 Å². The Morgan fingerprint density at radius 1 is 1.05 bits per heavy atom. The zero-order valence-corrected chi connectivity index (χ0v) is 11.9. The highest BCUT2D eigenvalue weighted by atomic mass is 35.5. The number of ether oxygens (including phenoxy) is 1. The van der Waals surface area contributed by atoms with Crippen molar-refractivity contribution in [1.29, 1.82) is 0 Å². The van der Waals surface area contributed by atoms with E-state index in [0.717, 1.165) is 17.1 Å². The summed E-state index contributed by atoms with van der Waals surface area (Å²) in [5.41, 5.74) is 1.75. The molecule has 0 spiro atoms. The van der Waals surface area contributed by atoms with Crippen molar-refractivity contribution < 1.29 is 4.74 Å². The zero-order valence-electron chi connectivity index (χ0n) is 10.3. The number of hydrogen-bond acceptors (Lipinski definition) is 2. The fourth-order valence-corrected chi connectivity index (χ4v) is 1.89. The first-order chi connectivity index (χ1) is 9.17. The van der Waals surface area contributed by atoms with E-state index in [1.54, 1.807) is 19.2 Å². The monoisotopic (exact) mass is 292 g/mol. The summed E-state index contributed by atoms with van der Waals surface area (Å²) in [4.78, 5) is 0. The van der Waals surface area contributed by atoms with Crippen molar-refractivity contribution in [2.75, 3.05) is 17.7 Å². The fraction of sp³-hybridized carbons (Fsp3) is 0.0714. The average molecular weight is 293 g/mol. The summed E-state index contributed by atoms with van der Waals surface area (Å²) in [6.07, 6.45) is 0. The molecule has 0 aromatic heterocycles. The van der Waals surface area contributed by atoms with Crippen LogP contribution in [0.25, 0.3) is 0 Å². The molecule has 19 heavy (non-hydrogen) atoms. The summed E-state index contributed by atoms with van der Waals surface area (Å²) in [7, 11) is 1.63. The van der Waals surface area contributed by atoms with Gasteiger partial charge in [0.25, 0.3) is 0 Å². The molecule has 0 bridgehead atoms. The molecule has 2 rings (SSSR count). The summed E-state index contributed by atoms with van der Waals surface area (Å²) in [6.45, 7) is 0. The van der Waals surface area contributed by atoms with Crippen LogP contribution in [0.2, 0.25) is 5.02 Å². The third-order valence-corrected chi connectivity index (χ3v) is 2.89. The van der Waals surface area contributed by atoms with E-state index in [1.807, 2.05) is 36.4 Å². The molecule has 2 N–H and O–H groups in total. The van der Waals surface area contributed by atoms with Crippen LogP contribution in [0, 0.1) is 0 Å². The summed E-state index contributed by atoms with van der Waals surface area (Å²) in [5.74, 6) is 0.777. The van der Waals surface area contributed by atoms with E-state index in [2.05, 4.69) is 10.6 Å². The highest BCUT2D eigenvalue weighted by Crippen LogP contribution is 2.18. The Morgan fingerprint density at radius 3 is 2.42 bits per heavy atom. The molecule has 0 aliphatic rings. The summed E-state index contributed by atoms with van der Waals surface area (Å²) < 4.78 is 5.15. The molecule has 0 atom stereocenters. The fourth-order valence-electron chi connectivity index (χ4n) is 1.53. The maximum atomic E-state index is 5.82. The van der Waals surface area contributed by atoms with Gasteiger partial charge in [-0.1, -0.05) is 17.7 Å². The first-order valence-corrected chi connectivity index (χ1v) is 6.43.